The fourth-order valence-corrected chi connectivity index (χ4v) is 2.16. The van der Waals surface area contributed by atoms with Crippen LogP contribution in [0, 0.1) is 6.92 Å². The molecule has 21 heavy (non-hydrogen) atoms. The molecule has 5 nitrogen and oxygen atoms in total. The second-order valence-electron chi connectivity index (χ2n) is 4.73. The average Bonchev–Trinajstić information content (AvgIpc) is 2.54. The summed E-state index contributed by atoms with van der Waals surface area (Å²) >= 11 is 0. The summed E-state index contributed by atoms with van der Waals surface area (Å²) in [7, 11) is 3.56. The first-order valence-corrected chi connectivity index (χ1v) is 7.10. The van der Waals surface area contributed by atoms with E-state index in [9.17, 15) is 0 Å². The highest BCUT2D eigenvalue weighted by Gasteiger charge is 2.10. The average molecular weight is 286 g/mol. The standard InChI is InChI=1S/C16H22N4O/c1-5-14-19-15(17-3)11(2)16(20-14)18-10-12-8-6-7-9-13(12)21-4/h6-9H,5,10H2,1-4H3,(H2,17,18,19,20). The number of nitrogens with one attached hydrogen (secondary N) is 2. The maximum absolute atomic E-state index is 5.37. The smallest absolute Gasteiger partial charge is 0.135 e. The minimum Gasteiger partial charge on any atom is -0.496 e. The van der Waals surface area contributed by atoms with E-state index in [1.54, 1.807) is 7.11 Å². The zero-order valence-corrected chi connectivity index (χ0v) is 13.0. The molecular formula is C16H22N4O. The van der Waals surface area contributed by atoms with Crippen LogP contribution >= 0.6 is 0 Å². The van der Waals surface area contributed by atoms with Crippen molar-refractivity contribution in [2.45, 2.75) is 26.8 Å². The molecule has 0 amide bonds. The van der Waals surface area contributed by atoms with E-state index < -0.39 is 0 Å². The number of aromatic nitrogens is 2. The van der Waals surface area contributed by atoms with Gasteiger partial charge >= 0.3 is 0 Å². The van der Waals surface area contributed by atoms with Gasteiger partial charge in [0, 0.05) is 31.1 Å². The van der Waals surface area contributed by atoms with Crippen molar-refractivity contribution in [3.8, 4) is 5.75 Å². The second-order valence-corrected chi connectivity index (χ2v) is 4.73. The Balaban J connectivity index is 2.23. The number of aryl methyl sites for hydroxylation is 1. The second kappa shape index (κ2) is 6.92. The van der Waals surface area contributed by atoms with Crippen LogP contribution in [0.3, 0.4) is 0 Å². The number of methoxy groups -OCH3 is 1. The lowest BCUT2D eigenvalue weighted by Gasteiger charge is -2.14. The summed E-state index contributed by atoms with van der Waals surface area (Å²) in [4.78, 5) is 9.04. The first-order valence-electron chi connectivity index (χ1n) is 7.10. The molecule has 0 saturated heterocycles. The molecule has 2 aromatic rings. The van der Waals surface area contributed by atoms with Crippen LogP contribution in [0.2, 0.25) is 0 Å². The van der Waals surface area contributed by atoms with Gasteiger partial charge < -0.3 is 15.4 Å². The summed E-state index contributed by atoms with van der Waals surface area (Å²) in [5.41, 5.74) is 2.12. The molecule has 0 saturated carbocycles. The molecular weight excluding hydrogens is 264 g/mol. The van der Waals surface area contributed by atoms with Gasteiger partial charge in [-0.1, -0.05) is 25.1 Å². The van der Waals surface area contributed by atoms with Crippen LogP contribution in [0.5, 0.6) is 5.75 Å². The quantitative estimate of drug-likeness (QED) is 0.855. The molecule has 0 aliphatic carbocycles. The number of rotatable bonds is 6. The Morgan fingerprint density at radius 3 is 2.52 bits per heavy atom. The van der Waals surface area contributed by atoms with Crippen LogP contribution in [0.4, 0.5) is 11.6 Å². The molecule has 0 bridgehead atoms. The van der Waals surface area contributed by atoms with Gasteiger partial charge in [-0.15, -0.1) is 0 Å². The molecule has 112 valence electrons. The number of hydrogen-bond acceptors (Lipinski definition) is 5. The molecule has 0 aliphatic heterocycles. The fraction of sp³-hybridized carbons (Fsp3) is 0.375. The van der Waals surface area contributed by atoms with E-state index in [0.717, 1.165) is 40.8 Å². The van der Waals surface area contributed by atoms with Crippen LogP contribution in [0.15, 0.2) is 24.3 Å². The van der Waals surface area contributed by atoms with Crippen LogP contribution in [0.1, 0.15) is 23.9 Å². The number of para-hydroxylation sites is 1. The lowest BCUT2D eigenvalue weighted by Crippen LogP contribution is -2.10. The van der Waals surface area contributed by atoms with Crippen molar-refractivity contribution in [1.82, 2.24) is 9.97 Å². The Kier molecular flexibility index (Phi) is 4.98. The Bertz CT molecular complexity index is 613. The third kappa shape index (κ3) is 3.42. The van der Waals surface area contributed by atoms with Crippen molar-refractivity contribution >= 4 is 11.6 Å². The molecule has 2 rings (SSSR count). The van der Waals surface area contributed by atoms with Crippen molar-refractivity contribution in [3.63, 3.8) is 0 Å². The molecule has 1 aromatic heterocycles. The summed E-state index contributed by atoms with van der Waals surface area (Å²) in [5.74, 6) is 3.43. The highest BCUT2D eigenvalue weighted by Crippen LogP contribution is 2.22. The lowest BCUT2D eigenvalue weighted by atomic mass is 10.2. The molecule has 0 spiro atoms. The monoisotopic (exact) mass is 286 g/mol. The van der Waals surface area contributed by atoms with Gasteiger partial charge in [0.25, 0.3) is 0 Å². The number of anilines is 2. The molecule has 0 fully saturated rings. The number of hydrogen-bond donors (Lipinski definition) is 2. The predicted octanol–water partition coefficient (Wildman–Crippen LogP) is 3.01. The van der Waals surface area contributed by atoms with Crippen LogP contribution in [-0.2, 0) is 13.0 Å². The van der Waals surface area contributed by atoms with Gasteiger partial charge in [-0.3, -0.25) is 0 Å². The molecule has 0 aliphatic rings. The molecule has 0 radical (unpaired) electrons. The summed E-state index contributed by atoms with van der Waals surface area (Å²) in [6.45, 7) is 4.72. The summed E-state index contributed by atoms with van der Waals surface area (Å²) in [6, 6.07) is 7.97. The summed E-state index contributed by atoms with van der Waals surface area (Å²) in [5, 5.41) is 6.50. The maximum atomic E-state index is 5.37. The number of ether oxygens (including phenoxy) is 1. The normalized spacial score (nSPS) is 10.3. The van der Waals surface area contributed by atoms with E-state index in [-0.39, 0.29) is 0 Å². The van der Waals surface area contributed by atoms with Crippen molar-refractivity contribution in [2.24, 2.45) is 0 Å². The van der Waals surface area contributed by atoms with Gasteiger partial charge in [0.1, 0.15) is 23.2 Å². The molecule has 0 atom stereocenters. The zero-order valence-electron chi connectivity index (χ0n) is 13.0. The SMILES string of the molecule is CCc1nc(NC)c(C)c(NCc2ccccc2OC)n1. The highest BCUT2D eigenvalue weighted by atomic mass is 16.5. The van der Waals surface area contributed by atoms with E-state index in [1.165, 1.54) is 0 Å². The summed E-state index contributed by atoms with van der Waals surface area (Å²) in [6.07, 6.45) is 0.804. The van der Waals surface area contributed by atoms with Gasteiger partial charge in [-0.05, 0) is 13.0 Å². The third-order valence-electron chi connectivity index (χ3n) is 3.38. The zero-order chi connectivity index (χ0) is 15.2. The molecule has 1 heterocycles. The molecule has 1 aromatic carbocycles. The van der Waals surface area contributed by atoms with Gasteiger partial charge in [0.15, 0.2) is 0 Å². The fourth-order valence-electron chi connectivity index (χ4n) is 2.16. The molecule has 5 heteroatoms. The first kappa shape index (κ1) is 15.1. The van der Waals surface area contributed by atoms with Gasteiger partial charge in [0.2, 0.25) is 0 Å². The van der Waals surface area contributed by atoms with Crippen LogP contribution in [-0.4, -0.2) is 24.1 Å². The van der Waals surface area contributed by atoms with E-state index in [2.05, 4.69) is 20.6 Å². The van der Waals surface area contributed by atoms with Crippen molar-refractivity contribution in [3.05, 3.63) is 41.2 Å². The number of benzene rings is 1. The predicted molar refractivity (Wildman–Crippen MR) is 86.0 cm³/mol. The Morgan fingerprint density at radius 2 is 1.86 bits per heavy atom. The van der Waals surface area contributed by atoms with E-state index in [0.29, 0.717) is 6.54 Å². The Morgan fingerprint density at radius 1 is 1.14 bits per heavy atom. The maximum Gasteiger partial charge on any atom is 0.135 e. The van der Waals surface area contributed by atoms with Crippen molar-refractivity contribution in [1.29, 1.82) is 0 Å². The van der Waals surface area contributed by atoms with Crippen LogP contribution < -0.4 is 15.4 Å². The minimum atomic E-state index is 0.661. The Labute approximate surface area is 125 Å². The molecule has 2 N–H and O–H groups in total. The first-order chi connectivity index (χ1) is 10.2. The van der Waals surface area contributed by atoms with Gasteiger partial charge in [-0.25, -0.2) is 9.97 Å². The highest BCUT2D eigenvalue weighted by molar-refractivity contribution is 5.57. The van der Waals surface area contributed by atoms with Crippen molar-refractivity contribution in [2.75, 3.05) is 24.8 Å². The van der Waals surface area contributed by atoms with Gasteiger partial charge in [0.05, 0.1) is 7.11 Å². The van der Waals surface area contributed by atoms with Crippen LogP contribution in [0.25, 0.3) is 0 Å². The largest absolute Gasteiger partial charge is 0.496 e. The third-order valence-corrected chi connectivity index (χ3v) is 3.38. The van der Waals surface area contributed by atoms with Crippen molar-refractivity contribution < 1.29 is 4.74 Å². The lowest BCUT2D eigenvalue weighted by molar-refractivity contribution is 0.410. The summed E-state index contributed by atoms with van der Waals surface area (Å²) < 4.78 is 5.37. The van der Waals surface area contributed by atoms with E-state index >= 15 is 0 Å². The molecule has 0 unspecified atom stereocenters. The Hall–Kier alpha value is -2.30. The van der Waals surface area contributed by atoms with Gasteiger partial charge in [-0.2, -0.15) is 0 Å². The van der Waals surface area contributed by atoms with E-state index in [4.69, 9.17) is 4.74 Å². The minimum absolute atomic E-state index is 0.661. The number of nitrogens with zero attached hydrogens (tertiary/aromatic N) is 2. The van der Waals surface area contributed by atoms with E-state index in [1.807, 2.05) is 45.2 Å². The topological polar surface area (TPSA) is 59.1 Å².